The molecule has 6 nitrogen and oxygen atoms in total. The number of aromatic nitrogens is 2. The molecule has 0 aromatic carbocycles. The van der Waals surface area contributed by atoms with E-state index in [1.807, 2.05) is 0 Å². The Morgan fingerprint density at radius 1 is 1.04 bits per heavy atom. The van der Waals surface area contributed by atoms with Gasteiger partial charge in [-0.3, -0.25) is 9.59 Å². The van der Waals surface area contributed by atoms with Crippen molar-refractivity contribution in [1.29, 1.82) is 0 Å². The Kier molecular flexibility index (Phi) is 8.87. The molecule has 2 heterocycles. The fraction of sp³-hybridized carbons (Fsp3) is 0.250. The second kappa shape index (κ2) is 10.6. The van der Waals surface area contributed by atoms with E-state index in [9.17, 15) is 18.4 Å². The SMILES string of the molecule is CCOC(=O)Cc1c(F)ccnc1Cl.O=C(O)Cc1c(F)ccnc1Cl. The zero-order chi connectivity index (χ0) is 19.7. The van der Waals surface area contributed by atoms with Gasteiger partial charge in [-0.2, -0.15) is 0 Å². The highest BCUT2D eigenvalue weighted by Gasteiger charge is 2.13. The van der Waals surface area contributed by atoms with Crippen LogP contribution in [0.3, 0.4) is 0 Å². The van der Waals surface area contributed by atoms with Gasteiger partial charge < -0.3 is 9.84 Å². The lowest BCUT2D eigenvalue weighted by Gasteiger charge is -2.04. The fourth-order valence-electron chi connectivity index (χ4n) is 1.71. The predicted octanol–water partition coefficient (Wildman–Crippen LogP) is 3.48. The molecule has 0 fully saturated rings. The Hall–Kier alpha value is -2.32. The molecule has 0 atom stereocenters. The van der Waals surface area contributed by atoms with Gasteiger partial charge in [-0.25, -0.2) is 18.7 Å². The first-order valence-electron chi connectivity index (χ1n) is 7.21. The summed E-state index contributed by atoms with van der Waals surface area (Å²) in [6.45, 7) is 1.94. The first-order valence-corrected chi connectivity index (χ1v) is 7.97. The molecule has 0 radical (unpaired) electrons. The summed E-state index contributed by atoms with van der Waals surface area (Å²) in [5.74, 6) is -2.83. The number of carboxylic acid groups (broad SMARTS) is 1. The lowest BCUT2D eigenvalue weighted by atomic mass is 10.2. The maximum atomic E-state index is 13.1. The molecule has 2 rings (SSSR count). The minimum atomic E-state index is -1.14. The van der Waals surface area contributed by atoms with Gasteiger partial charge in [0.15, 0.2) is 0 Å². The molecule has 2 aromatic rings. The standard InChI is InChI=1S/C9H9ClFNO2.C7H5ClFNO2/c1-2-14-8(13)5-6-7(11)3-4-12-9(6)10;8-7-4(3-6(11)12)5(9)1-2-10-7/h3-4H,2,5H2,1H3;1-2H,3H2,(H,11,12). The van der Waals surface area contributed by atoms with Crippen LogP contribution in [0.15, 0.2) is 24.5 Å². The topological polar surface area (TPSA) is 89.4 Å². The monoisotopic (exact) mass is 406 g/mol. The second-order valence-corrected chi connectivity index (χ2v) is 5.39. The normalized spacial score (nSPS) is 9.88. The average molecular weight is 407 g/mol. The Morgan fingerprint density at radius 3 is 1.88 bits per heavy atom. The average Bonchev–Trinajstić information content (AvgIpc) is 2.55. The van der Waals surface area contributed by atoms with Crippen molar-refractivity contribution in [3.8, 4) is 0 Å². The first-order chi connectivity index (χ1) is 12.3. The number of pyridine rings is 2. The van der Waals surface area contributed by atoms with Gasteiger partial charge in [-0.1, -0.05) is 23.2 Å². The maximum Gasteiger partial charge on any atom is 0.310 e. The van der Waals surface area contributed by atoms with Gasteiger partial charge in [0, 0.05) is 23.5 Å². The van der Waals surface area contributed by atoms with E-state index >= 15 is 0 Å². The van der Waals surface area contributed by atoms with E-state index in [4.69, 9.17) is 28.3 Å². The molecule has 1 N–H and O–H groups in total. The molecule has 0 saturated carbocycles. The third-order valence-electron chi connectivity index (χ3n) is 2.85. The Labute approximate surface area is 157 Å². The van der Waals surface area contributed by atoms with Crippen molar-refractivity contribution < 1.29 is 28.2 Å². The molecule has 0 aliphatic rings. The number of carbonyl (C=O) groups excluding carboxylic acids is 1. The van der Waals surface area contributed by atoms with Crippen LogP contribution in [-0.4, -0.2) is 33.6 Å². The smallest absolute Gasteiger partial charge is 0.310 e. The number of ether oxygens (including phenoxy) is 1. The van der Waals surface area contributed by atoms with Crippen LogP contribution in [-0.2, 0) is 27.2 Å². The minimum absolute atomic E-state index is 0.00180. The molecular formula is C16H14Cl2F2N2O4. The van der Waals surface area contributed by atoms with E-state index in [1.54, 1.807) is 6.92 Å². The number of esters is 1. The Morgan fingerprint density at radius 2 is 1.50 bits per heavy atom. The number of halogens is 4. The zero-order valence-corrected chi connectivity index (χ0v) is 15.0. The lowest BCUT2D eigenvalue weighted by molar-refractivity contribution is -0.142. The van der Waals surface area contributed by atoms with Gasteiger partial charge in [0.2, 0.25) is 0 Å². The summed E-state index contributed by atoms with van der Waals surface area (Å²) in [7, 11) is 0. The lowest BCUT2D eigenvalue weighted by Crippen LogP contribution is -2.09. The minimum Gasteiger partial charge on any atom is -0.481 e. The number of hydrogen-bond acceptors (Lipinski definition) is 5. The molecular weight excluding hydrogens is 393 g/mol. The van der Waals surface area contributed by atoms with Crippen LogP contribution in [0, 0.1) is 11.6 Å². The Balaban J connectivity index is 0.000000263. The van der Waals surface area contributed by atoms with Crippen molar-refractivity contribution >= 4 is 35.1 Å². The molecule has 0 spiro atoms. The molecule has 0 unspecified atom stereocenters. The van der Waals surface area contributed by atoms with Crippen molar-refractivity contribution in [2.45, 2.75) is 19.8 Å². The largest absolute Gasteiger partial charge is 0.481 e. The van der Waals surface area contributed by atoms with Crippen LogP contribution in [0.2, 0.25) is 10.3 Å². The van der Waals surface area contributed by atoms with E-state index < -0.39 is 30.0 Å². The van der Waals surface area contributed by atoms with E-state index in [1.165, 1.54) is 12.4 Å². The number of hydrogen-bond donors (Lipinski definition) is 1. The highest BCUT2D eigenvalue weighted by molar-refractivity contribution is 6.30. The number of carbonyl (C=O) groups is 2. The van der Waals surface area contributed by atoms with E-state index in [2.05, 4.69) is 14.7 Å². The first kappa shape index (κ1) is 21.7. The van der Waals surface area contributed by atoms with E-state index in [0.717, 1.165) is 12.1 Å². The highest BCUT2D eigenvalue weighted by Crippen LogP contribution is 2.17. The molecule has 0 aliphatic heterocycles. The number of carboxylic acids is 1. The zero-order valence-electron chi connectivity index (χ0n) is 13.5. The van der Waals surface area contributed by atoms with Gasteiger partial charge >= 0.3 is 11.9 Å². The second-order valence-electron chi connectivity index (χ2n) is 4.68. The van der Waals surface area contributed by atoms with Gasteiger partial charge in [0.25, 0.3) is 0 Å². The molecule has 10 heteroatoms. The Bertz CT molecular complexity index is 750. The third-order valence-corrected chi connectivity index (χ3v) is 3.50. The molecule has 2 aromatic heterocycles. The summed E-state index contributed by atoms with van der Waals surface area (Å²) in [6, 6.07) is 2.23. The van der Waals surface area contributed by atoms with Crippen LogP contribution in [0.25, 0.3) is 0 Å². The van der Waals surface area contributed by atoms with Gasteiger partial charge in [0.05, 0.1) is 19.4 Å². The molecule has 0 saturated heterocycles. The van der Waals surface area contributed by atoms with E-state index in [-0.39, 0.29) is 34.5 Å². The van der Waals surface area contributed by atoms with Crippen LogP contribution in [0.1, 0.15) is 18.1 Å². The fourth-order valence-corrected chi connectivity index (χ4v) is 2.14. The number of nitrogens with zero attached hydrogens (tertiary/aromatic N) is 2. The predicted molar refractivity (Wildman–Crippen MR) is 90.1 cm³/mol. The van der Waals surface area contributed by atoms with Crippen molar-refractivity contribution in [2.24, 2.45) is 0 Å². The van der Waals surface area contributed by atoms with Gasteiger partial charge in [0.1, 0.15) is 21.9 Å². The van der Waals surface area contributed by atoms with Gasteiger partial charge in [-0.05, 0) is 19.1 Å². The quantitative estimate of drug-likeness (QED) is 0.603. The van der Waals surface area contributed by atoms with Crippen molar-refractivity contribution in [3.63, 3.8) is 0 Å². The van der Waals surface area contributed by atoms with Crippen LogP contribution >= 0.6 is 23.2 Å². The van der Waals surface area contributed by atoms with Gasteiger partial charge in [-0.15, -0.1) is 0 Å². The molecule has 140 valence electrons. The third kappa shape index (κ3) is 6.89. The maximum absolute atomic E-state index is 13.1. The number of rotatable bonds is 5. The summed E-state index contributed by atoms with van der Waals surface area (Å²) in [6.07, 6.45) is 1.79. The highest BCUT2D eigenvalue weighted by atomic mass is 35.5. The molecule has 0 amide bonds. The summed E-state index contributed by atoms with van der Waals surface area (Å²) >= 11 is 11.1. The summed E-state index contributed by atoms with van der Waals surface area (Å²) in [5, 5.41) is 8.26. The van der Waals surface area contributed by atoms with Crippen LogP contribution < -0.4 is 0 Å². The van der Waals surface area contributed by atoms with Crippen molar-refractivity contribution in [3.05, 3.63) is 57.6 Å². The van der Waals surface area contributed by atoms with Crippen LogP contribution in [0.4, 0.5) is 8.78 Å². The molecule has 0 bridgehead atoms. The summed E-state index contributed by atoms with van der Waals surface area (Å²) < 4.78 is 30.6. The molecule has 26 heavy (non-hydrogen) atoms. The summed E-state index contributed by atoms with van der Waals surface area (Å²) in [4.78, 5) is 28.5. The number of aliphatic carboxylic acids is 1. The van der Waals surface area contributed by atoms with Crippen molar-refractivity contribution in [2.75, 3.05) is 6.61 Å². The van der Waals surface area contributed by atoms with Crippen molar-refractivity contribution in [1.82, 2.24) is 9.97 Å². The van der Waals surface area contributed by atoms with Crippen LogP contribution in [0.5, 0.6) is 0 Å². The van der Waals surface area contributed by atoms with E-state index in [0.29, 0.717) is 0 Å². The summed E-state index contributed by atoms with van der Waals surface area (Å²) in [5.41, 5.74) is -0.000664. The molecule has 0 aliphatic carbocycles.